The van der Waals surface area contributed by atoms with Gasteiger partial charge in [-0.3, -0.25) is 4.79 Å². The summed E-state index contributed by atoms with van der Waals surface area (Å²) in [5.74, 6) is -0.0557. The van der Waals surface area contributed by atoms with Gasteiger partial charge < -0.3 is 9.52 Å². The molecule has 1 aromatic carbocycles. The summed E-state index contributed by atoms with van der Waals surface area (Å²) in [6.45, 7) is 1.83. The van der Waals surface area contributed by atoms with Crippen LogP contribution in [0.4, 0.5) is 0 Å². The lowest BCUT2D eigenvalue weighted by Gasteiger charge is -2.04. The summed E-state index contributed by atoms with van der Waals surface area (Å²) in [5.41, 5.74) is 0.780. The molecule has 0 aliphatic rings. The van der Waals surface area contributed by atoms with Crippen LogP contribution in [0.1, 0.15) is 19.2 Å². The van der Waals surface area contributed by atoms with Crippen LogP contribution in [-0.4, -0.2) is 21.3 Å². The van der Waals surface area contributed by atoms with Gasteiger partial charge in [0.05, 0.1) is 5.56 Å². The molecule has 0 radical (unpaired) electrons. The largest absolute Gasteiger partial charge is 0.481 e. The molecule has 7 heteroatoms. The van der Waals surface area contributed by atoms with Crippen LogP contribution in [0, 0.1) is 9.49 Å². The van der Waals surface area contributed by atoms with Crippen molar-refractivity contribution < 1.29 is 14.3 Å². The molecule has 0 aliphatic carbocycles. The molecule has 0 spiro atoms. The number of hydrogen-bond acceptors (Lipinski definition) is 4. The molecule has 1 heterocycles. The third-order valence-electron chi connectivity index (χ3n) is 2.67. The smallest absolute Gasteiger partial charge is 0.303 e. The summed E-state index contributed by atoms with van der Waals surface area (Å²) in [7, 11) is 0. The lowest BCUT2D eigenvalue weighted by Crippen LogP contribution is -2.07. The summed E-state index contributed by atoms with van der Waals surface area (Å²) in [4.78, 5) is 10.6. The van der Waals surface area contributed by atoms with Crippen LogP contribution >= 0.6 is 34.2 Å². The minimum absolute atomic E-state index is 0.0563. The van der Waals surface area contributed by atoms with E-state index < -0.39 is 5.97 Å². The zero-order valence-electron chi connectivity index (χ0n) is 10.6. The molecule has 0 bridgehead atoms. The van der Waals surface area contributed by atoms with Gasteiger partial charge in [-0.1, -0.05) is 18.5 Å². The number of benzene rings is 1. The van der Waals surface area contributed by atoms with E-state index >= 15 is 0 Å². The number of hydrogen-bond donors (Lipinski definition) is 1. The summed E-state index contributed by atoms with van der Waals surface area (Å²) in [6, 6.07) is 5.43. The SMILES string of the molecule is CC(CC(=O)O)Cc1nnc(-c2cc(Cl)ccc2I)o1. The van der Waals surface area contributed by atoms with Crippen LogP contribution < -0.4 is 0 Å². The maximum Gasteiger partial charge on any atom is 0.303 e. The van der Waals surface area contributed by atoms with E-state index in [1.807, 2.05) is 13.0 Å². The predicted octanol–water partition coefficient (Wildman–Crippen LogP) is 3.65. The van der Waals surface area contributed by atoms with E-state index in [1.165, 1.54) is 0 Å². The number of carboxylic acids is 1. The van der Waals surface area contributed by atoms with Gasteiger partial charge in [0, 0.05) is 21.4 Å². The van der Waals surface area contributed by atoms with Gasteiger partial charge in [0.15, 0.2) is 0 Å². The minimum atomic E-state index is -0.832. The molecule has 1 aromatic heterocycles. The molecule has 5 nitrogen and oxygen atoms in total. The maximum atomic E-state index is 10.6. The highest BCUT2D eigenvalue weighted by Gasteiger charge is 2.15. The van der Waals surface area contributed by atoms with E-state index in [0.717, 1.165) is 9.13 Å². The predicted molar refractivity (Wildman–Crippen MR) is 82.6 cm³/mol. The third kappa shape index (κ3) is 3.92. The molecule has 106 valence electrons. The molecule has 1 unspecified atom stereocenters. The molecule has 1 atom stereocenters. The van der Waals surface area contributed by atoms with Gasteiger partial charge in [0.1, 0.15) is 0 Å². The van der Waals surface area contributed by atoms with Gasteiger partial charge in [-0.2, -0.15) is 0 Å². The number of carboxylic acid groups (broad SMARTS) is 1. The van der Waals surface area contributed by atoms with E-state index in [2.05, 4.69) is 32.8 Å². The van der Waals surface area contributed by atoms with Gasteiger partial charge >= 0.3 is 5.97 Å². The standard InChI is InChI=1S/C13H12ClIN2O3/c1-7(5-12(18)19)4-11-16-17-13(20-11)9-6-8(14)2-3-10(9)15/h2-3,6-7H,4-5H2,1H3,(H,18,19). The first-order valence-corrected chi connectivity index (χ1v) is 7.41. The second kappa shape index (κ2) is 6.53. The highest BCUT2D eigenvalue weighted by atomic mass is 127. The second-order valence-corrected chi connectivity index (χ2v) is 6.13. The van der Waals surface area contributed by atoms with Crippen LogP contribution in [0.15, 0.2) is 22.6 Å². The van der Waals surface area contributed by atoms with Crippen molar-refractivity contribution in [2.75, 3.05) is 0 Å². The molecule has 1 N–H and O–H groups in total. The summed E-state index contributed by atoms with van der Waals surface area (Å²) < 4.78 is 6.54. The van der Waals surface area contributed by atoms with E-state index in [1.54, 1.807) is 12.1 Å². The van der Waals surface area contributed by atoms with E-state index in [0.29, 0.717) is 23.2 Å². The van der Waals surface area contributed by atoms with Crippen LogP contribution in [0.25, 0.3) is 11.5 Å². The normalized spacial score (nSPS) is 12.3. The molecule has 2 rings (SSSR count). The van der Waals surface area contributed by atoms with Crippen molar-refractivity contribution >= 4 is 40.2 Å². The Morgan fingerprint density at radius 1 is 1.50 bits per heavy atom. The van der Waals surface area contributed by atoms with Crippen LogP contribution in [0.3, 0.4) is 0 Å². The monoisotopic (exact) mass is 406 g/mol. The average Bonchev–Trinajstić information content (AvgIpc) is 2.79. The van der Waals surface area contributed by atoms with Gasteiger partial charge in [-0.05, 0) is 46.7 Å². The minimum Gasteiger partial charge on any atom is -0.481 e. The molecule has 0 fully saturated rings. The lowest BCUT2D eigenvalue weighted by molar-refractivity contribution is -0.137. The number of aromatic nitrogens is 2. The fraction of sp³-hybridized carbons (Fsp3) is 0.308. The van der Waals surface area contributed by atoms with Crippen molar-refractivity contribution in [2.45, 2.75) is 19.8 Å². The summed E-state index contributed by atoms with van der Waals surface area (Å²) in [5, 5.41) is 17.3. The fourth-order valence-electron chi connectivity index (χ4n) is 1.77. The van der Waals surface area contributed by atoms with Gasteiger partial charge in [0.25, 0.3) is 0 Å². The Morgan fingerprint density at radius 2 is 2.25 bits per heavy atom. The number of nitrogens with zero attached hydrogens (tertiary/aromatic N) is 2. The first-order valence-electron chi connectivity index (χ1n) is 5.95. The highest BCUT2D eigenvalue weighted by Crippen LogP contribution is 2.27. The lowest BCUT2D eigenvalue weighted by atomic mass is 10.0. The fourth-order valence-corrected chi connectivity index (χ4v) is 2.51. The number of aliphatic carboxylic acids is 1. The van der Waals surface area contributed by atoms with Crippen molar-refractivity contribution in [1.82, 2.24) is 10.2 Å². The first kappa shape index (κ1) is 15.2. The average molecular weight is 407 g/mol. The van der Waals surface area contributed by atoms with Gasteiger partial charge in [-0.25, -0.2) is 0 Å². The Kier molecular flexibility index (Phi) is 4.98. The quantitative estimate of drug-likeness (QED) is 0.767. The van der Waals surface area contributed by atoms with Crippen LogP contribution in [-0.2, 0) is 11.2 Å². The van der Waals surface area contributed by atoms with Gasteiger partial charge in [-0.15, -0.1) is 10.2 Å². The molecule has 0 saturated heterocycles. The number of carbonyl (C=O) groups is 1. The van der Waals surface area contributed by atoms with E-state index in [9.17, 15) is 4.79 Å². The highest BCUT2D eigenvalue weighted by molar-refractivity contribution is 14.1. The Labute approximate surface area is 134 Å². The number of halogens is 2. The summed E-state index contributed by atoms with van der Waals surface area (Å²) in [6.07, 6.45) is 0.517. The second-order valence-electron chi connectivity index (χ2n) is 4.53. The van der Waals surface area contributed by atoms with E-state index in [4.69, 9.17) is 21.1 Å². The van der Waals surface area contributed by atoms with Crippen molar-refractivity contribution in [3.8, 4) is 11.5 Å². The number of rotatable bonds is 5. The Balaban J connectivity index is 2.16. The third-order valence-corrected chi connectivity index (χ3v) is 3.85. The zero-order chi connectivity index (χ0) is 14.7. The molecular weight excluding hydrogens is 395 g/mol. The summed E-state index contributed by atoms with van der Waals surface area (Å²) >= 11 is 8.12. The Hall–Kier alpha value is -1.15. The van der Waals surface area contributed by atoms with Crippen molar-refractivity contribution in [3.05, 3.63) is 32.7 Å². The topological polar surface area (TPSA) is 76.2 Å². The molecule has 0 saturated carbocycles. The first-order chi connectivity index (χ1) is 9.45. The van der Waals surface area contributed by atoms with Crippen LogP contribution in [0.5, 0.6) is 0 Å². The Bertz CT molecular complexity index is 630. The van der Waals surface area contributed by atoms with Crippen molar-refractivity contribution in [1.29, 1.82) is 0 Å². The molecular formula is C13H12ClIN2O3. The van der Waals surface area contributed by atoms with Crippen LogP contribution in [0.2, 0.25) is 5.02 Å². The van der Waals surface area contributed by atoms with E-state index in [-0.39, 0.29) is 12.3 Å². The maximum absolute atomic E-state index is 10.6. The molecule has 0 aliphatic heterocycles. The van der Waals surface area contributed by atoms with Gasteiger partial charge in [0.2, 0.25) is 11.8 Å². The van der Waals surface area contributed by atoms with Crippen molar-refractivity contribution in [3.63, 3.8) is 0 Å². The molecule has 2 aromatic rings. The molecule has 20 heavy (non-hydrogen) atoms. The molecule has 0 amide bonds. The zero-order valence-corrected chi connectivity index (χ0v) is 13.6. The Morgan fingerprint density at radius 3 is 2.95 bits per heavy atom. The van der Waals surface area contributed by atoms with Crippen molar-refractivity contribution in [2.24, 2.45) is 5.92 Å².